The molecule has 1 amide bonds. The lowest BCUT2D eigenvalue weighted by atomic mass is 10.2. The highest BCUT2D eigenvalue weighted by Crippen LogP contribution is 2.29. The van der Waals surface area contributed by atoms with Crippen molar-refractivity contribution in [3.05, 3.63) is 89.2 Å². The molecule has 0 atom stereocenters. The van der Waals surface area contributed by atoms with Crippen LogP contribution in [0.2, 0.25) is 0 Å². The first-order chi connectivity index (χ1) is 16.2. The lowest BCUT2D eigenvalue weighted by Crippen LogP contribution is -2.26. The number of methoxy groups -OCH3 is 1. The van der Waals surface area contributed by atoms with Gasteiger partial charge in [0.2, 0.25) is 5.91 Å². The zero-order valence-electron chi connectivity index (χ0n) is 18.1. The number of ether oxygens (including phenoxy) is 2. The number of carbonyl (C=O) groups is 1. The molecule has 168 valence electrons. The van der Waals surface area contributed by atoms with Crippen LogP contribution in [-0.2, 0) is 16.1 Å². The van der Waals surface area contributed by atoms with Gasteiger partial charge in [-0.05, 0) is 36.4 Å². The molecule has 3 aromatic carbocycles. The van der Waals surface area contributed by atoms with Crippen molar-refractivity contribution in [2.75, 3.05) is 24.8 Å². The molecule has 0 fully saturated rings. The van der Waals surface area contributed by atoms with Crippen LogP contribution < -0.4 is 15.6 Å². The Hall–Kier alpha value is -3.62. The van der Waals surface area contributed by atoms with Gasteiger partial charge < -0.3 is 14.8 Å². The number of hydrogen-bond acceptors (Lipinski definition) is 6. The highest BCUT2D eigenvalue weighted by atomic mass is 32.2. The van der Waals surface area contributed by atoms with E-state index in [0.717, 1.165) is 0 Å². The third-order valence-corrected chi connectivity index (χ3v) is 5.79. The van der Waals surface area contributed by atoms with E-state index in [2.05, 4.69) is 10.3 Å². The molecule has 4 aromatic rings. The number of amides is 1. The number of thioether (sulfide) groups is 1. The monoisotopic (exact) mass is 461 g/mol. The van der Waals surface area contributed by atoms with Crippen LogP contribution in [0.3, 0.4) is 0 Å². The van der Waals surface area contributed by atoms with Crippen molar-refractivity contribution in [3.63, 3.8) is 0 Å². The van der Waals surface area contributed by atoms with E-state index >= 15 is 0 Å². The molecule has 4 rings (SSSR count). The Balaban J connectivity index is 1.50. The molecular formula is C25H23N3O4S. The average Bonchev–Trinajstić information content (AvgIpc) is 2.84. The molecule has 0 bridgehead atoms. The minimum atomic E-state index is -0.232. The van der Waals surface area contributed by atoms with Crippen molar-refractivity contribution in [1.29, 1.82) is 0 Å². The summed E-state index contributed by atoms with van der Waals surface area (Å²) in [7, 11) is 1.58. The number of para-hydroxylation sites is 4. The number of aromatic nitrogens is 2. The second kappa shape index (κ2) is 10.8. The molecule has 0 aliphatic rings. The van der Waals surface area contributed by atoms with Crippen LogP contribution in [0.1, 0.15) is 0 Å². The van der Waals surface area contributed by atoms with Gasteiger partial charge in [-0.2, -0.15) is 0 Å². The zero-order chi connectivity index (χ0) is 23.0. The summed E-state index contributed by atoms with van der Waals surface area (Å²) >= 11 is 1.21. The van der Waals surface area contributed by atoms with Gasteiger partial charge in [-0.1, -0.05) is 54.2 Å². The summed E-state index contributed by atoms with van der Waals surface area (Å²) in [4.78, 5) is 30.3. The second-order valence-electron chi connectivity index (χ2n) is 7.11. The SMILES string of the molecule is COCCn1c(SCC(=O)Nc2ccccc2Oc2ccccc2)nc2ccccc2c1=O. The molecule has 0 saturated carbocycles. The maximum absolute atomic E-state index is 12.9. The number of rotatable bonds is 9. The maximum atomic E-state index is 12.9. The maximum Gasteiger partial charge on any atom is 0.262 e. The van der Waals surface area contributed by atoms with Crippen LogP contribution in [0.5, 0.6) is 11.5 Å². The Morgan fingerprint density at radius 1 is 1.00 bits per heavy atom. The highest BCUT2D eigenvalue weighted by Gasteiger charge is 2.14. The Bertz CT molecular complexity index is 1310. The van der Waals surface area contributed by atoms with E-state index in [4.69, 9.17) is 9.47 Å². The summed E-state index contributed by atoms with van der Waals surface area (Å²) in [5, 5.41) is 3.90. The number of carbonyl (C=O) groups excluding carboxylic acids is 1. The summed E-state index contributed by atoms with van der Waals surface area (Å²) in [6, 6.07) is 23.8. The van der Waals surface area contributed by atoms with Crippen LogP contribution in [0.15, 0.2) is 88.8 Å². The van der Waals surface area contributed by atoms with Gasteiger partial charge in [-0.25, -0.2) is 4.98 Å². The van der Waals surface area contributed by atoms with Gasteiger partial charge in [0.1, 0.15) is 5.75 Å². The number of hydrogen-bond donors (Lipinski definition) is 1. The number of benzene rings is 3. The first-order valence-electron chi connectivity index (χ1n) is 10.4. The van der Waals surface area contributed by atoms with E-state index in [1.54, 1.807) is 42.0 Å². The molecule has 0 aliphatic heterocycles. The highest BCUT2D eigenvalue weighted by molar-refractivity contribution is 7.99. The second-order valence-corrected chi connectivity index (χ2v) is 8.05. The van der Waals surface area contributed by atoms with Crippen LogP contribution in [0.4, 0.5) is 5.69 Å². The van der Waals surface area contributed by atoms with E-state index in [1.165, 1.54) is 11.8 Å². The fourth-order valence-electron chi connectivity index (χ4n) is 3.23. The fourth-order valence-corrected chi connectivity index (χ4v) is 4.05. The molecule has 1 N–H and O–H groups in total. The van der Waals surface area contributed by atoms with Gasteiger partial charge in [0.05, 0.1) is 35.5 Å². The third-order valence-electron chi connectivity index (χ3n) is 4.81. The average molecular weight is 462 g/mol. The van der Waals surface area contributed by atoms with Gasteiger partial charge in [0.15, 0.2) is 10.9 Å². The number of nitrogens with zero attached hydrogens (tertiary/aromatic N) is 2. The number of anilines is 1. The van der Waals surface area contributed by atoms with Crippen molar-refractivity contribution in [1.82, 2.24) is 9.55 Å². The van der Waals surface area contributed by atoms with E-state index < -0.39 is 0 Å². The van der Waals surface area contributed by atoms with Gasteiger partial charge in [-0.3, -0.25) is 14.2 Å². The molecule has 1 heterocycles. The minimum absolute atomic E-state index is 0.0808. The molecule has 0 spiro atoms. The molecule has 0 unspecified atom stereocenters. The summed E-state index contributed by atoms with van der Waals surface area (Å²) in [6.07, 6.45) is 0. The van der Waals surface area contributed by atoms with Crippen molar-refractivity contribution in [2.24, 2.45) is 0 Å². The Morgan fingerprint density at radius 2 is 1.73 bits per heavy atom. The van der Waals surface area contributed by atoms with Crippen LogP contribution in [0.25, 0.3) is 10.9 Å². The molecule has 8 heteroatoms. The normalized spacial score (nSPS) is 10.8. The summed E-state index contributed by atoms with van der Waals surface area (Å²) in [5.41, 5.74) is 1.01. The molecule has 7 nitrogen and oxygen atoms in total. The van der Waals surface area contributed by atoms with Crippen molar-refractivity contribution in [3.8, 4) is 11.5 Å². The van der Waals surface area contributed by atoms with Gasteiger partial charge in [-0.15, -0.1) is 0 Å². The summed E-state index contributed by atoms with van der Waals surface area (Å²) in [6.45, 7) is 0.717. The Morgan fingerprint density at radius 3 is 2.55 bits per heavy atom. The third kappa shape index (κ3) is 5.60. The van der Waals surface area contributed by atoms with Crippen molar-refractivity contribution in [2.45, 2.75) is 11.7 Å². The quantitative estimate of drug-likeness (QED) is 0.291. The number of fused-ring (bicyclic) bond motifs is 1. The minimum Gasteiger partial charge on any atom is -0.455 e. The predicted octanol–water partition coefficient (Wildman–Crippen LogP) is 4.57. The Labute approximate surface area is 195 Å². The van der Waals surface area contributed by atoms with Crippen LogP contribution in [0, 0.1) is 0 Å². The van der Waals surface area contributed by atoms with Gasteiger partial charge in [0.25, 0.3) is 5.56 Å². The molecule has 1 aromatic heterocycles. The molecule has 0 radical (unpaired) electrons. The molecule has 33 heavy (non-hydrogen) atoms. The summed E-state index contributed by atoms with van der Waals surface area (Å²) in [5.74, 6) is 1.07. The van der Waals surface area contributed by atoms with Crippen molar-refractivity contribution < 1.29 is 14.3 Å². The first-order valence-corrected chi connectivity index (χ1v) is 11.4. The van der Waals surface area contributed by atoms with Gasteiger partial charge in [0, 0.05) is 7.11 Å². The molecule has 0 aliphatic carbocycles. The number of nitrogens with one attached hydrogen (secondary N) is 1. The molecule has 0 saturated heterocycles. The fraction of sp³-hybridized carbons (Fsp3) is 0.160. The van der Waals surface area contributed by atoms with Crippen LogP contribution >= 0.6 is 11.8 Å². The van der Waals surface area contributed by atoms with Crippen molar-refractivity contribution >= 4 is 34.3 Å². The summed E-state index contributed by atoms with van der Waals surface area (Å²) < 4.78 is 12.6. The first kappa shape index (κ1) is 22.6. The smallest absolute Gasteiger partial charge is 0.262 e. The van der Waals surface area contributed by atoms with E-state index in [0.29, 0.717) is 46.4 Å². The van der Waals surface area contributed by atoms with Gasteiger partial charge >= 0.3 is 0 Å². The molecular weight excluding hydrogens is 438 g/mol. The van der Waals surface area contributed by atoms with E-state index in [1.807, 2.05) is 48.5 Å². The lowest BCUT2D eigenvalue weighted by Gasteiger charge is -2.14. The van der Waals surface area contributed by atoms with E-state index in [-0.39, 0.29) is 17.2 Å². The largest absolute Gasteiger partial charge is 0.455 e. The lowest BCUT2D eigenvalue weighted by molar-refractivity contribution is -0.113. The predicted molar refractivity (Wildman–Crippen MR) is 130 cm³/mol. The standard InChI is InChI=1S/C25H23N3O4S/c1-31-16-15-28-24(30)19-11-5-6-12-20(19)27-25(28)33-17-23(29)26-21-13-7-8-14-22(21)32-18-9-3-2-4-10-18/h2-14H,15-17H2,1H3,(H,26,29). The van der Waals surface area contributed by atoms with Crippen LogP contribution in [-0.4, -0.2) is 34.9 Å². The zero-order valence-corrected chi connectivity index (χ0v) is 18.9. The Kier molecular flexibility index (Phi) is 7.39. The van der Waals surface area contributed by atoms with E-state index in [9.17, 15) is 9.59 Å². The topological polar surface area (TPSA) is 82.4 Å².